The Labute approximate surface area is 99.7 Å². The third kappa shape index (κ3) is 5.46. The monoisotopic (exact) mass is 233 g/mol. The normalized spacial score (nSPS) is 11.0. The summed E-state index contributed by atoms with van der Waals surface area (Å²) in [4.78, 5) is 22.0. The lowest BCUT2D eigenvalue weighted by Gasteiger charge is -2.01. The molecular formula is C12H15N3O2. The van der Waals surface area contributed by atoms with Crippen molar-refractivity contribution in [3.05, 3.63) is 35.9 Å². The van der Waals surface area contributed by atoms with Crippen molar-refractivity contribution in [2.24, 2.45) is 10.8 Å². The molecule has 3 N–H and O–H groups in total. The van der Waals surface area contributed by atoms with Gasteiger partial charge in [-0.2, -0.15) is 5.10 Å². The summed E-state index contributed by atoms with van der Waals surface area (Å²) in [5, 5.41) is 3.78. The van der Waals surface area contributed by atoms with Crippen LogP contribution < -0.4 is 11.2 Å². The van der Waals surface area contributed by atoms with Gasteiger partial charge >= 0.3 is 0 Å². The number of nitrogens with zero attached hydrogens (tertiary/aromatic N) is 1. The maximum absolute atomic E-state index is 11.5. The van der Waals surface area contributed by atoms with Crippen molar-refractivity contribution in [3.8, 4) is 0 Å². The summed E-state index contributed by atoms with van der Waals surface area (Å²) in [6.45, 7) is 1.63. The first kappa shape index (κ1) is 12.9. The van der Waals surface area contributed by atoms with E-state index in [1.165, 1.54) is 0 Å². The number of nitrogens with two attached hydrogens (primary N) is 1. The molecule has 0 heterocycles. The number of carbonyl (C=O) groups excluding carboxylic acids is 2. The lowest BCUT2D eigenvalue weighted by molar-refractivity contribution is -0.120. The number of nitrogens with one attached hydrogen (secondary N) is 1. The van der Waals surface area contributed by atoms with Gasteiger partial charge in [0.2, 0.25) is 11.8 Å². The first-order valence-electron chi connectivity index (χ1n) is 5.22. The van der Waals surface area contributed by atoms with Gasteiger partial charge in [-0.05, 0) is 12.5 Å². The van der Waals surface area contributed by atoms with Gasteiger partial charge in [0.15, 0.2) is 0 Å². The summed E-state index contributed by atoms with van der Waals surface area (Å²) >= 11 is 0. The highest BCUT2D eigenvalue weighted by atomic mass is 16.2. The molecule has 0 saturated carbocycles. The van der Waals surface area contributed by atoms with Crippen LogP contribution in [0.1, 0.15) is 18.9 Å². The van der Waals surface area contributed by atoms with Gasteiger partial charge in [-0.1, -0.05) is 30.3 Å². The standard InChI is InChI=1S/C12H15N3O2/c1-9(7-11(13)16)14-15-12(17)8-10-5-3-2-4-6-10/h2-6H,7-8H2,1H3,(H2,13,16)(H,15,17)/b14-9-. The molecule has 0 radical (unpaired) electrons. The average Bonchev–Trinajstić information content (AvgIpc) is 2.27. The molecule has 17 heavy (non-hydrogen) atoms. The SMILES string of the molecule is C/C(CC(N)=O)=N/NC(=O)Cc1ccccc1. The van der Waals surface area contributed by atoms with E-state index in [4.69, 9.17) is 5.73 Å². The van der Waals surface area contributed by atoms with Crippen LogP contribution in [0, 0.1) is 0 Å². The number of hydrazone groups is 1. The van der Waals surface area contributed by atoms with E-state index in [1.807, 2.05) is 30.3 Å². The van der Waals surface area contributed by atoms with E-state index < -0.39 is 5.91 Å². The first-order valence-corrected chi connectivity index (χ1v) is 5.22. The second-order valence-corrected chi connectivity index (χ2v) is 3.69. The molecule has 0 spiro atoms. The Balaban J connectivity index is 2.43. The number of primary amides is 1. The van der Waals surface area contributed by atoms with Gasteiger partial charge in [0, 0.05) is 5.71 Å². The Morgan fingerprint density at radius 3 is 2.53 bits per heavy atom. The highest BCUT2D eigenvalue weighted by Crippen LogP contribution is 1.99. The van der Waals surface area contributed by atoms with Crippen LogP contribution in [0.15, 0.2) is 35.4 Å². The lowest BCUT2D eigenvalue weighted by atomic mass is 10.1. The highest BCUT2D eigenvalue weighted by molar-refractivity contribution is 5.99. The van der Waals surface area contributed by atoms with Crippen LogP contribution in [0.2, 0.25) is 0 Å². The van der Waals surface area contributed by atoms with E-state index in [-0.39, 0.29) is 18.7 Å². The molecule has 5 heteroatoms. The number of amides is 2. The maximum atomic E-state index is 11.5. The largest absolute Gasteiger partial charge is 0.369 e. The van der Waals surface area contributed by atoms with Crippen molar-refractivity contribution in [2.45, 2.75) is 19.8 Å². The Hall–Kier alpha value is -2.17. The summed E-state index contributed by atoms with van der Waals surface area (Å²) in [5.74, 6) is -0.691. The number of carbonyl (C=O) groups is 2. The molecule has 0 aliphatic carbocycles. The van der Waals surface area contributed by atoms with Gasteiger partial charge in [0.1, 0.15) is 0 Å². The third-order valence-corrected chi connectivity index (χ3v) is 2.01. The Morgan fingerprint density at radius 1 is 1.29 bits per heavy atom. The van der Waals surface area contributed by atoms with Crippen molar-refractivity contribution in [2.75, 3.05) is 0 Å². The molecular weight excluding hydrogens is 218 g/mol. The molecule has 0 aliphatic heterocycles. The lowest BCUT2D eigenvalue weighted by Crippen LogP contribution is -2.22. The van der Waals surface area contributed by atoms with Crippen molar-refractivity contribution < 1.29 is 9.59 Å². The van der Waals surface area contributed by atoms with Crippen molar-refractivity contribution in [1.29, 1.82) is 0 Å². The second-order valence-electron chi connectivity index (χ2n) is 3.69. The van der Waals surface area contributed by atoms with Crippen LogP contribution >= 0.6 is 0 Å². The van der Waals surface area contributed by atoms with Crippen LogP contribution in [0.25, 0.3) is 0 Å². The zero-order valence-electron chi connectivity index (χ0n) is 9.64. The van der Waals surface area contributed by atoms with Crippen molar-refractivity contribution >= 4 is 17.5 Å². The molecule has 0 bridgehead atoms. The molecule has 0 aliphatic rings. The molecule has 2 amide bonds. The van der Waals surface area contributed by atoms with Gasteiger partial charge in [0.05, 0.1) is 12.8 Å². The molecule has 0 unspecified atom stereocenters. The molecule has 5 nitrogen and oxygen atoms in total. The highest BCUT2D eigenvalue weighted by Gasteiger charge is 2.02. The quantitative estimate of drug-likeness (QED) is 0.576. The Morgan fingerprint density at radius 2 is 1.94 bits per heavy atom. The molecule has 0 saturated heterocycles. The van der Waals surface area contributed by atoms with E-state index in [0.717, 1.165) is 5.56 Å². The van der Waals surface area contributed by atoms with Crippen molar-refractivity contribution in [1.82, 2.24) is 5.43 Å². The summed E-state index contributed by atoms with van der Waals surface area (Å²) in [6, 6.07) is 9.34. The molecule has 0 aromatic heterocycles. The third-order valence-electron chi connectivity index (χ3n) is 2.01. The predicted octanol–water partition coefficient (Wildman–Crippen LogP) is 0.597. The van der Waals surface area contributed by atoms with E-state index >= 15 is 0 Å². The fourth-order valence-electron chi connectivity index (χ4n) is 1.27. The summed E-state index contributed by atoms with van der Waals surface area (Å²) < 4.78 is 0. The maximum Gasteiger partial charge on any atom is 0.244 e. The Bertz CT molecular complexity index is 427. The van der Waals surface area contributed by atoms with Gasteiger partial charge in [-0.15, -0.1) is 0 Å². The minimum Gasteiger partial charge on any atom is -0.369 e. The smallest absolute Gasteiger partial charge is 0.244 e. The van der Waals surface area contributed by atoms with Gasteiger partial charge in [-0.3, -0.25) is 9.59 Å². The number of rotatable bonds is 5. The number of hydrogen-bond acceptors (Lipinski definition) is 3. The van der Waals surface area contributed by atoms with Gasteiger partial charge in [-0.25, -0.2) is 5.43 Å². The van der Waals surface area contributed by atoms with Crippen LogP contribution in [0.5, 0.6) is 0 Å². The topological polar surface area (TPSA) is 84.6 Å². The fraction of sp³-hybridized carbons (Fsp3) is 0.250. The molecule has 0 fully saturated rings. The minimum absolute atomic E-state index is 0.0472. The molecule has 0 atom stereocenters. The molecule has 1 aromatic carbocycles. The van der Waals surface area contributed by atoms with Crippen molar-refractivity contribution in [3.63, 3.8) is 0 Å². The number of hydrogen-bond donors (Lipinski definition) is 2. The molecule has 1 rings (SSSR count). The summed E-state index contributed by atoms with van der Waals surface area (Å²) in [6.07, 6.45) is 0.305. The van der Waals surface area contributed by atoms with Crippen LogP contribution in [-0.4, -0.2) is 17.5 Å². The predicted molar refractivity (Wildman–Crippen MR) is 65.2 cm³/mol. The summed E-state index contributed by atoms with van der Waals surface area (Å²) in [7, 11) is 0. The van der Waals surface area contributed by atoms with Gasteiger partial charge < -0.3 is 5.73 Å². The zero-order chi connectivity index (χ0) is 12.7. The van der Waals surface area contributed by atoms with Crippen LogP contribution in [-0.2, 0) is 16.0 Å². The molecule has 90 valence electrons. The van der Waals surface area contributed by atoms with E-state index in [1.54, 1.807) is 6.92 Å². The average molecular weight is 233 g/mol. The number of benzene rings is 1. The minimum atomic E-state index is -0.469. The second kappa shape index (κ2) is 6.42. The van der Waals surface area contributed by atoms with Gasteiger partial charge in [0.25, 0.3) is 0 Å². The summed E-state index contributed by atoms with van der Waals surface area (Å²) in [5.41, 5.74) is 8.76. The Kier molecular flexibility index (Phi) is 4.87. The van der Waals surface area contributed by atoms with E-state index in [0.29, 0.717) is 5.71 Å². The molecule has 1 aromatic rings. The van der Waals surface area contributed by atoms with Crippen LogP contribution in [0.4, 0.5) is 0 Å². The van der Waals surface area contributed by atoms with Crippen LogP contribution in [0.3, 0.4) is 0 Å². The van der Waals surface area contributed by atoms with E-state index in [2.05, 4.69) is 10.5 Å². The first-order chi connectivity index (χ1) is 8.08. The zero-order valence-corrected chi connectivity index (χ0v) is 9.64. The van der Waals surface area contributed by atoms with E-state index in [9.17, 15) is 9.59 Å². The fourth-order valence-corrected chi connectivity index (χ4v) is 1.27.